The van der Waals surface area contributed by atoms with E-state index in [9.17, 15) is 4.79 Å². The van der Waals surface area contributed by atoms with Crippen LogP contribution >= 0.6 is 11.6 Å². The van der Waals surface area contributed by atoms with E-state index in [1.807, 2.05) is 19.1 Å². The van der Waals surface area contributed by atoms with Crippen molar-refractivity contribution in [3.8, 4) is 0 Å². The normalized spacial score (nSPS) is 12.2. The Balaban J connectivity index is 2.59. The standard InChI is InChI=1S/C9H11ClN2O/c1-7(12-9(13)5-10)8-3-2-4-11-6-8/h2-4,6-7H,5H2,1H3,(H,12,13)/t7-/m1/s1. The van der Waals surface area contributed by atoms with E-state index in [1.165, 1.54) is 0 Å². The second-order valence-electron chi connectivity index (χ2n) is 2.71. The number of aromatic nitrogens is 1. The maximum atomic E-state index is 10.9. The van der Waals surface area contributed by atoms with Crippen LogP contribution in [0.15, 0.2) is 24.5 Å². The lowest BCUT2D eigenvalue weighted by atomic mass is 10.1. The molecule has 1 amide bonds. The highest BCUT2D eigenvalue weighted by Crippen LogP contribution is 2.09. The number of carbonyl (C=O) groups excluding carboxylic acids is 1. The summed E-state index contributed by atoms with van der Waals surface area (Å²) in [5.74, 6) is -0.178. The Bertz CT molecular complexity index is 276. The number of alkyl halides is 1. The Kier molecular flexibility index (Phi) is 3.71. The first kappa shape index (κ1) is 9.99. The third kappa shape index (κ3) is 3.03. The zero-order chi connectivity index (χ0) is 9.68. The summed E-state index contributed by atoms with van der Waals surface area (Å²) in [6, 6.07) is 3.70. The number of nitrogens with one attached hydrogen (secondary N) is 1. The third-order valence-corrected chi connectivity index (χ3v) is 1.93. The molecule has 1 atom stereocenters. The fraction of sp³-hybridized carbons (Fsp3) is 0.333. The lowest BCUT2D eigenvalue weighted by Crippen LogP contribution is -2.27. The molecule has 1 N–H and O–H groups in total. The van der Waals surface area contributed by atoms with Crippen molar-refractivity contribution in [2.45, 2.75) is 13.0 Å². The summed E-state index contributed by atoms with van der Waals surface area (Å²) in [7, 11) is 0. The van der Waals surface area contributed by atoms with Gasteiger partial charge in [-0.3, -0.25) is 9.78 Å². The summed E-state index contributed by atoms with van der Waals surface area (Å²) < 4.78 is 0. The molecule has 1 heterocycles. The van der Waals surface area contributed by atoms with Crippen LogP contribution in [0.2, 0.25) is 0 Å². The fourth-order valence-electron chi connectivity index (χ4n) is 0.995. The number of pyridine rings is 1. The van der Waals surface area contributed by atoms with Gasteiger partial charge in [-0.05, 0) is 18.6 Å². The summed E-state index contributed by atoms with van der Waals surface area (Å²) in [6.45, 7) is 1.89. The zero-order valence-corrected chi connectivity index (χ0v) is 8.08. The van der Waals surface area contributed by atoms with Crippen molar-refractivity contribution in [1.82, 2.24) is 10.3 Å². The van der Waals surface area contributed by atoms with Crippen LogP contribution in [0.4, 0.5) is 0 Å². The minimum Gasteiger partial charge on any atom is -0.348 e. The Morgan fingerprint density at radius 1 is 1.77 bits per heavy atom. The lowest BCUT2D eigenvalue weighted by molar-refractivity contribution is -0.119. The van der Waals surface area contributed by atoms with E-state index >= 15 is 0 Å². The molecule has 1 aromatic rings. The van der Waals surface area contributed by atoms with E-state index < -0.39 is 0 Å². The largest absolute Gasteiger partial charge is 0.348 e. The van der Waals surface area contributed by atoms with Gasteiger partial charge in [-0.15, -0.1) is 11.6 Å². The van der Waals surface area contributed by atoms with Crippen molar-refractivity contribution in [3.63, 3.8) is 0 Å². The van der Waals surface area contributed by atoms with Crippen LogP contribution < -0.4 is 5.32 Å². The van der Waals surface area contributed by atoms with E-state index in [0.717, 1.165) is 5.56 Å². The van der Waals surface area contributed by atoms with Crippen LogP contribution in [0.5, 0.6) is 0 Å². The Hall–Kier alpha value is -1.09. The maximum absolute atomic E-state index is 10.9. The first-order valence-corrected chi connectivity index (χ1v) is 4.52. The topological polar surface area (TPSA) is 42.0 Å². The highest BCUT2D eigenvalue weighted by molar-refractivity contribution is 6.27. The second-order valence-corrected chi connectivity index (χ2v) is 2.98. The Labute approximate surface area is 82.1 Å². The molecular formula is C9H11ClN2O. The number of rotatable bonds is 3. The van der Waals surface area contributed by atoms with Gasteiger partial charge < -0.3 is 5.32 Å². The summed E-state index contributed by atoms with van der Waals surface area (Å²) in [5, 5.41) is 2.73. The van der Waals surface area contributed by atoms with Gasteiger partial charge in [-0.1, -0.05) is 6.07 Å². The van der Waals surface area contributed by atoms with Gasteiger partial charge in [-0.2, -0.15) is 0 Å². The first-order chi connectivity index (χ1) is 6.24. The summed E-state index contributed by atoms with van der Waals surface area (Å²) in [5.41, 5.74) is 0.973. The fourth-order valence-corrected chi connectivity index (χ4v) is 1.07. The van der Waals surface area contributed by atoms with Crippen molar-refractivity contribution in [1.29, 1.82) is 0 Å². The maximum Gasteiger partial charge on any atom is 0.235 e. The van der Waals surface area contributed by atoms with Gasteiger partial charge in [-0.25, -0.2) is 0 Å². The zero-order valence-electron chi connectivity index (χ0n) is 7.33. The Morgan fingerprint density at radius 2 is 2.54 bits per heavy atom. The van der Waals surface area contributed by atoms with Crippen molar-refractivity contribution < 1.29 is 4.79 Å². The van der Waals surface area contributed by atoms with Gasteiger partial charge in [0, 0.05) is 12.4 Å². The van der Waals surface area contributed by atoms with E-state index in [4.69, 9.17) is 11.6 Å². The van der Waals surface area contributed by atoms with Crippen molar-refractivity contribution in [3.05, 3.63) is 30.1 Å². The molecule has 70 valence electrons. The first-order valence-electron chi connectivity index (χ1n) is 3.99. The highest BCUT2D eigenvalue weighted by Gasteiger charge is 2.07. The number of hydrogen-bond donors (Lipinski definition) is 1. The SMILES string of the molecule is C[C@@H](NC(=O)CCl)c1cccnc1. The molecule has 0 fully saturated rings. The predicted octanol–water partition coefficient (Wildman–Crippen LogP) is 1.50. The summed E-state index contributed by atoms with van der Waals surface area (Å²) >= 11 is 5.36. The predicted molar refractivity (Wildman–Crippen MR) is 51.5 cm³/mol. The van der Waals surface area contributed by atoms with Crippen LogP contribution in [-0.4, -0.2) is 16.8 Å². The molecule has 0 spiro atoms. The van der Waals surface area contributed by atoms with Gasteiger partial charge in [0.25, 0.3) is 0 Å². The van der Waals surface area contributed by atoms with Crippen LogP contribution in [-0.2, 0) is 4.79 Å². The highest BCUT2D eigenvalue weighted by atomic mass is 35.5. The van der Waals surface area contributed by atoms with E-state index in [1.54, 1.807) is 12.4 Å². The lowest BCUT2D eigenvalue weighted by Gasteiger charge is -2.12. The summed E-state index contributed by atoms with van der Waals surface area (Å²) in [4.78, 5) is 14.9. The number of nitrogens with zero attached hydrogens (tertiary/aromatic N) is 1. The van der Waals surface area contributed by atoms with E-state index in [0.29, 0.717) is 0 Å². The summed E-state index contributed by atoms with van der Waals surface area (Å²) in [6.07, 6.45) is 3.42. The molecule has 0 aliphatic rings. The monoisotopic (exact) mass is 198 g/mol. The van der Waals surface area contributed by atoms with Crippen LogP contribution in [0.1, 0.15) is 18.5 Å². The van der Waals surface area contributed by atoms with Gasteiger partial charge >= 0.3 is 0 Å². The molecule has 0 unspecified atom stereocenters. The molecule has 4 heteroatoms. The quantitative estimate of drug-likeness (QED) is 0.748. The van der Waals surface area contributed by atoms with Crippen LogP contribution in [0.25, 0.3) is 0 Å². The average Bonchev–Trinajstić information content (AvgIpc) is 2.19. The smallest absolute Gasteiger partial charge is 0.235 e. The van der Waals surface area contributed by atoms with Crippen LogP contribution in [0.3, 0.4) is 0 Å². The second kappa shape index (κ2) is 4.82. The molecule has 0 saturated carbocycles. The molecule has 1 aromatic heterocycles. The molecule has 13 heavy (non-hydrogen) atoms. The van der Waals surface area contributed by atoms with Crippen LogP contribution in [0, 0.1) is 0 Å². The molecule has 0 saturated heterocycles. The number of amides is 1. The Morgan fingerprint density at radius 3 is 3.08 bits per heavy atom. The molecule has 0 aromatic carbocycles. The van der Waals surface area contributed by atoms with Gasteiger partial charge in [0.2, 0.25) is 5.91 Å². The van der Waals surface area contributed by atoms with Crippen molar-refractivity contribution in [2.24, 2.45) is 0 Å². The van der Waals surface area contributed by atoms with Gasteiger partial charge in [0.15, 0.2) is 0 Å². The van der Waals surface area contributed by atoms with Crippen molar-refractivity contribution >= 4 is 17.5 Å². The van der Waals surface area contributed by atoms with Gasteiger partial charge in [0.1, 0.15) is 5.88 Å². The third-order valence-electron chi connectivity index (χ3n) is 1.68. The molecule has 0 bridgehead atoms. The minimum atomic E-state index is -0.169. The molecule has 0 aliphatic carbocycles. The molecule has 0 aliphatic heterocycles. The van der Waals surface area contributed by atoms with E-state index in [2.05, 4.69) is 10.3 Å². The molecule has 0 radical (unpaired) electrons. The molecule has 1 rings (SSSR count). The minimum absolute atomic E-state index is 0.00932. The number of halogens is 1. The number of carbonyl (C=O) groups is 1. The average molecular weight is 199 g/mol. The number of hydrogen-bond acceptors (Lipinski definition) is 2. The van der Waals surface area contributed by atoms with Gasteiger partial charge in [0.05, 0.1) is 6.04 Å². The van der Waals surface area contributed by atoms with Crippen molar-refractivity contribution in [2.75, 3.05) is 5.88 Å². The van der Waals surface area contributed by atoms with E-state index in [-0.39, 0.29) is 17.8 Å². The molecular weight excluding hydrogens is 188 g/mol. The molecule has 3 nitrogen and oxygen atoms in total.